The van der Waals surface area contributed by atoms with Crippen LogP contribution in [-0.2, 0) is 22.9 Å². The van der Waals surface area contributed by atoms with E-state index in [0.29, 0.717) is 13.2 Å². The summed E-state index contributed by atoms with van der Waals surface area (Å²) >= 11 is 0. The van der Waals surface area contributed by atoms with Crippen molar-refractivity contribution in [3.63, 3.8) is 0 Å². The van der Waals surface area contributed by atoms with Crippen LogP contribution in [0.25, 0.3) is 0 Å². The minimum absolute atomic E-state index is 0. The molecule has 18 heavy (non-hydrogen) atoms. The van der Waals surface area contributed by atoms with Crippen molar-refractivity contribution in [3.8, 4) is 0 Å². The molecule has 0 aliphatic rings. The van der Waals surface area contributed by atoms with E-state index in [4.69, 9.17) is 9.68 Å². The van der Waals surface area contributed by atoms with E-state index < -0.39 is 0 Å². The summed E-state index contributed by atoms with van der Waals surface area (Å²) in [6.07, 6.45) is 0. The Morgan fingerprint density at radius 2 is 1.06 bits per heavy atom. The Morgan fingerprint density at radius 3 is 1.44 bits per heavy atom. The van der Waals surface area contributed by atoms with Crippen molar-refractivity contribution in [3.05, 3.63) is 71.8 Å². The first-order valence-electron chi connectivity index (χ1n) is 5.51. The van der Waals surface area contributed by atoms with Crippen LogP contribution in [0.2, 0.25) is 0 Å². The van der Waals surface area contributed by atoms with Crippen molar-refractivity contribution in [2.75, 3.05) is 0 Å². The molecule has 0 aliphatic heterocycles. The van der Waals surface area contributed by atoms with Crippen LogP contribution in [0.15, 0.2) is 60.7 Å². The normalized spacial score (nSPS) is 9.78. The second-order valence-corrected chi connectivity index (χ2v) is 3.63. The van der Waals surface area contributed by atoms with Gasteiger partial charge in [-0.15, -0.1) is 12.4 Å². The molecule has 0 fully saturated rings. The third kappa shape index (κ3) is 5.29. The molecule has 1 N–H and O–H groups in total. The van der Waals surface area contributed by atoms with Crippen LogP contribution < -0.4 is 5.64 Å². The highest BCUT2D eigenvalue weighted by Crippen LogP contribution is 2.01. The van der Waals surface area contributed by atoms with Gasteiger partial charge in [0.1, 0.15) is 0 Å². The Hall–Kier alpha value is -1.39. The van der Waals surface area contributed by atoms with Gasteiger partial charge >= 0.3 is 0 Å². The molecule has 4 heteroatoms. The van der Waals surface area contributed by atoms with E-state index in [1.165, 1.54) is 0 Å². The Labute approximate surface area is 113 Å². The first-order valence-corrected chi connectivity index (χ1v) is 5.51. The van der Waals surface area contributed by atoms with Crippen molar-refractivity contribution >= 4 is 12.4 Å². The number of hydrogen-bond acceptors (Lipinski definition) is 3. The minimum atomic E-state index is 0. The molecule has 0 saturated heterocycles. The first-order chi connectivity index (χ1) is 8.45. The van der Waals surface area contributed by atoms with Crippen LogP contribution >= 0.6 is 12.4 Å². The maximum atomic E-state index is 5.17. The molecule has 0 aromatic heterocycles. The third-order valence-corrected chi connectivity index (χ3v) is 2.28. The lowest BCUT2D eigenvalue weighted by Gasteiger charge is -2.06. The fourth-order valence-corrected chi connectivity index (χ4v) is 1.42. The van der Waals surface area contributed by atoms with Gasteiger partial charge < -0.3 is 0 Å². The van der Waals surface area contributed by atoms with Gasteiger partial charge in [0, 0.05) is 0 Å². The van der Waals surface area contributed by atoms with E-state index >= 15 is 0 Å². The number of nitrogens with one attached hydrogen (secondary N) is 1. The SMILES string of the molecule is Cl.c1ccc(CONOCc2ccccc2)cc1. The topological polar surface area (TPSA) is 30.5 Å². The smallest absolute Gasteiger partial charge is 0.0959 e. The number of rotatable bonds is 6. The molecule has 2 rings (SSSR count). The Balaban J connectivity index is 0.00000162. The average Bonchev–Trinajstić information content (AvgIpc) is 2.41. The predicted octanol–water partition coefficient (Wildman–Crippen LogP) is 3.26. The van der Waals surface area contributed by atoms with E-state index in [1.807, 2.05) is 60.7 Å². The molecular formula is C14H16ClNO2. The zero-order valence-corrected chi connectivity index (χ0v) is 10.7. The van der Waals surface area contributed by atoms with Crippen molar-refractivity contribution in [2.24, 2.45) is 0 Å². The summed E-state index contributed by atoms with van der Waals surface area (Å²) in [5.74, 6) is 0. The fraction of sp³-hybridized carbons (Fsp3) is 0.143. The summed E-state index contributed by atoms with van der Waals surface area (Å²) < 4.78 is 0. The molecule has 0 saturated carbocycles. The Morgan fingerprint density at radius 1 is 0.667 bits per heavy atom. The maximum absolute atomic E-state index is 5.17. The highest BCUT2D eigenvalue weighted by molar-refractivity contribution is 5.85. The van der Waals surface area contributed by atoms with E-state index in [2.05, 4.69) is 5.64 Å². The standard InChI is InChI=1S/C14H15NO2.ClH/c1-3-7-13(8-4-1)11-16-15-17-12-14-9-5-2-6-10-14;/h1-10,15H,11-12H2;1H. The van der Waals surface area contributed by atoms with Crippen LogP contribution in [0.5, 0.6) is 0 Å². The fourth-order valence-electron chi connectivity index (χ4n) is 1.42. The minimum Gasteiger partial charge on any atom is -0.272 e. The van der Waals surface area contributed by atoms with E-state index in [9.17, 15) is 0 Å². The van der Waals surface area contributed by atoms with Gasteiger partial charge in [-0.05, 0) is 11.1 Å². The monoisotopic (exact) mass is 265 g/mol. The van der Waals surface area contributed by atoms with E-state index in [0.717, 1.165) is 11.1 Å². The van der Waals surface area contributed by atoms with E-state index in [-0.39, 0.29) is 12.4 Å². The van der Waals surface area contributed by atoms with Crippen LogP contribution in [0.1, 0.15) is 11.1 Å². The number of hydrogen-bond donors (Lipinski definition) is 1. The van der Waals surface area contributed by atoms with Crippen LogP contribution in [0, 0.1) is 0 Å². The molecule has 0 spiro atoms. The molecule has 0 atom stereocenters. The summed E-state index contributed by atoms with van der Waals surface area (Å²) in [5.41, 5.74) is 4.68. The second-order valence-electron chi connectivity index (χ2n) is 3.63. The van der Waals surface area contributed by atoms with Gasteiger partial charge in [-0.1, -0.05) is 66.3 Å². The summed E-state index contributed by atoms with van der Waals surface area (Å²) in [7, 11) is 0. The van der Waals surface area contributed by atoms with Crippen molar-refractivity contribution < 1.29 is 9.68 Å². The number of benzene rings is 2. The van der Waals surface area contributed by atoms with Gasteiger partial charge in [0.15, 0.2) is 0 Å². The molecule has 2 aromatic carbocycles. The third-order valence-electron chi connectivity index (χ3n) is 2.28. The lowest BCUT2D eigenvalue weighted by Crippen LogP contribution is -2.14. The average molecular weight is 266 g/mol. The lowest BCUT2D eigenvalue weighted by atomic mass is 10.2. The molecule has 0 heterocycles. The second kappa shape index (κ2) is 8.66. The first kappa shape index (κ1) is 14.7. The summed E-state index contributed by atoms with van der Waals surface area (Å²) in [6, 6.07) is 19.8. The van der Waals surface area contributed by atoms with Crippen molar-refractivity contribution in [2.45, 2.75) is 13.2 Å². The molecule has 0 bridgehead atoms. The maximum Gasteiger partial charge on any atom is 0.0959 e. The zero-order valence-electron chi connectivity index (χ0n) is 9.91. The molecule has 2 aromatic rings. The van der Waals surface area contributed by atoms with Gasteiger partial charge in [-0.2, -0.15) is 0 Å². The molecule has 0 radical (unpaired) electrons. The molecule has 3 nitrogen and oxygen atoms in total. The summed E-state index contributed by atoms with van der Waals surface area (Å²) in [6.45, 7) is 0.964. The Bertz CT molecular complexity index is 381. The molecule has 0 aliphatic carbocycles. The van der Waals surface area contributed by atoms with Crippen molar-refractivity contribution in [1.29, 1.82) is 0 Å². The molecule has 0 unspecified atom stereocenters. The summed E-state index contributed by atoms with van der Waals surface area (Å²) in [5, 5.41) is 0. The summed E-state index contributed by atoms with van der Waals surface area (Å²) in [4.78, 5) is 10.3. The van der Waals surface area contributed by atoms with Gasteiger partial charge in [-0.25, -0.2) is 0 Å². The van der Waals surface area contributed by atoms with Crippen LogP contribution in [-0.4, -0.2) is 0 Å². The highest BCUT2D eigenvalue weighted by Gasteiger charge is 1.93. The van der Waals surface area contributed by atoms with Gasteiger partial charge in [-0.3, -0.25) is 9.68 Å². The van der Waals surface area contributed by atoms with Gasteiger partial charge in [0.05, 0.1) is 13.2 Å². The quantitative estimate of drug-likeness (QED) is 0.642. The lowest BCUT2D eigenvalue weighted by molar-refractivity contribution is -0.184. The largest absolute Gasteiger partial charge is 0.272 e. The van der Waals surface area contributed by atoms with Crippen molar-refractivity contribution in [1.82, 2.24) is 5.64 Å². The molecule has 0 amide bonds. The Kier molecular flexibility index (Phi) is 7.06. The highest BCUT2D eigenvalue weighted by atomic mass is 35.5. The van der Waals surface area contributed by atoms with E-state index in [1.54, 1.807) is 0 Å². The zero-order chi connectivity index (χ0) is 11.8. The van der Waals surface area contributed by atoms with Crippen LogP contribution in [0.4, 0.5) is 0 Å². The predicted molar refractivity (Wildman–Crippen MR) is 72.8 cm³/mol. The molecule has 96 valence electrons. The molecular weight excluding hydrogens is 250 g/mol. The van der Waals surface area contributed by atoms with Crippen LogP contribution in [0.3, 0.4) is 0 Å². The van der Waals surface area contributed by atoms with Gasteiger partial charge in [0.25, 0.3) is 0 Å². The number of halogens is 1. The van der Waals surface area contributed by atoms with Gasteiger partial charge in [0.2, 0.25) is 0 Å².